The maximum absolute atomic E-state index is 11.5. The van der Waals surface area contributed by atoms with Gasteiger partial charge >= 0.3 is 11.7 Å². The number of hydrogen-bond acceptors (Lipinski definition) is 6. The van der Waals surface area contributed by atoms with Gasteiger partial charge in [0, 0.05) is 18.0 Å². The molecule has 0 radical (unpaired) electrons. The normalized spacial score (nSPS) is 10.3. The van der Waals surface area contributed by atoms with Crippen LogP contribution >= 0.6 is 0 Å². The number of ether oxygens (including phenoxy) is 1. The minimum atomic E-state index is -0.533. The lowest BCUT2D eigenvalue weighted by Gasteiger charge is -2.03. The van der Waals surface area contributed by atoms with Gasteiger partial charge in [0.1, 0.15) is 0 Å². The standard InChI is InChI=1S/C12H12N4O4/c1-3-20-12(17)9-6-14-15(7-9)11-10(16(18)19)8(2)4-5-13-11/h4-7H,3H2,1-2H3. The molecule has 104 valence electrons. The molecule has 0 fully saturated rings. The SMILES string of the molecule is CCOC(=O)c1cnn(-c2nccc(C)c2[N+](=O)[O-])c1. The molecule has 0 aromatic carbocycles. The maximum Gasteiger partial charge on any atom is 0.341 e. The van der Waals surface area contributed by atoms with Gasteiger partial charge in [-0.2, -0.15) is 5.10 Å². The molecule has 2 aromatic rings. The van der Waals surface area contributed by atoms with E-state index in [-0.39, 0.29) is 23.7 Å². The Hall–Kier alpha value is -2.77. The highest BCUT2D eigenvalue weighted by Gasteiger charge is 2.21. The summed E-state index contributed by atoms with van der Waals surface area (Å²) in [5, 5.41) is 15.0. The predicted octanol–water partition coefficient (Wildman–Crippen LogP) is 1.66. The van der Waals surface area contributed by atoms with Crippen molar-refractivity contribution in [2.75, 3.05) is 6.61 Å². The molecular weight excluding hydrogens is 264 g/mol. The molecule has 8 nitrogen and oxygen atoms in total. The Morgan fingerprint density at radius 1 is 1.55 bits per heavy atom. The summed E-state index contributed by atoms with van der Waals surface area (Å²) in [4.78, 5) is 26.1. The van der Waals surface area contributed by atoms with Crippen LogP contribution in [0.3, 0.4) is 0 Å². The van der Waals surface area contributed by atoms with Gasteiger partial charge < -0.3 is 4.74 Å². The van der Waals surface area contributed by atoms with E-state index in [2.05, 4.69) is 10.1 Å². The molecule has 0 N–H and O–H groups in total. The number of hydrogen-bond donors (Lipinski definition) is 0. The Labute approximate surface area is 114 Å². The second kappa shape index (κ2) is 5.47. The van der Waals surface area contributed by atoms with Gasteiger partial charge in [0.25, 0.3) is 0 Å². The first-order valence-electron chi connectivity index (χ1n) is 5.86. The summed E-state index contributed by atoms with van der Waals surface area (Å²) in [6.07, 6.45) is 4.09. The highest BCUT2D eigenvalue weighted by molar-refractivity contribution is 5.88. The summed E-state index contributed by atoms with van der Waals surface area (Å²) >= 11 is 0. The zero-order valence-electron chi connectivity index (χ0n) is 10.9. The van der Waals surface area contributed by atoms with Crippen molar-refractivity contribution in [2.24, 2.45) is 0 Å². The first kappa shape index (κ1) is 13.7. The van der Waals surface area contributed by atoms with Crippen molar-refractivity contribution in [2.45, 2.75) is 13.8 Å². The minimum absolute atomic E-state index is 0.0607. The summed E-state index contributed by atoms with van der Waals surface area (Å²) in [7, 11) is 0. The summed E-state index contributed by atoms with van der Waals surface area (Å²) in [6, 6.07) is 1.54. The molecule has 8 heteroatoms. The van der Waals surface area contributed by atoms with E-state index in [4.69, 9.17) is 4.74 Å². The molecule has 0 aliphatic rings. The third kappa shape index (κ3) is 2.48. The predicted molar refractivity (Wildman–Crippen MR) is 68.7 cm³/mol. The van der Waals surface area contributed by atoms with Crippen LogP contribution in [0.15, 0.2) is 24.7 Å². The molecule has 20 heavy (non-hydrogen) atoms. The van der Waals surface area contributed by atoms with E-state index in [1.807, 2.05) is 0 Å². The smallest absolute Gasteiger partial charge is 0.341 e. The first-order chi connectivity index (χ1) is 9.54. The van der Waals surface area contributed by atoms with Gasteiger partial charge in [-0.3, -0.25) is 10.1 Å². The van der Waals surface area contributed by atoms with E-state index in [0.717, 1.165) is 0 Å². The fourth-order valence-corrected chi connectivity index (χ4v) is 1.69. The molecule has 0 saturated heterocycles. The number of esters is 1. The van der Waals surface area contributed by atoms with Gasteiger partial charge in [-0.15, -0.1) is 0 Å². The minimum Gasteiger partial charge on any atom is -0.462 e. The zero-order chi connectivity index (χ0) is 14.7. The molecule has 0 unspecified atom stereocenters. The first-order valence-corrected chi connectivity index (χ1v) is 5.86. The molecule has 2 aromatic heterocycles. The quantitative estimate of drug-likeness (QED) is 0.478. The van der Waals surface area contributed by atoms with Crippen molar-refractivity contribution in [3.8, 4) is 5.82 Å². The fraction of sp³-hybridized carbons (Fsp3) is 0.250. The van der Waals surface area contributed by atoms with Gasteiger partial charge in [-0.1, -0.05) is 0 Å². The van der Waals surface area contributed by atoms with Crippen LogP contribution in [-0.2, 0) is 4.74 Å². The molecular formula is C12H12N4O4. The van der Waals surface area contributed by atoms with Gasteiger partial charge in [0.2, 0.25) is 5.82 Å². The van der Waals surface area contributed by atoms with E-state index >= 15 is 0 Å². The lowest BCUT2D eigenvalue weighted by atomic mass is 10.2. The van der Waals surface area contributed by atoms with E-state index in [0.29, 0.717) is 5.56 Å². The Kier molecular flexibility index (Phi) is 3.74. The zero-order valence-corrected chi connectivity index (χ0v) is 10.9. The molecule has 0 amide bonds. The molecule has 0 saturated carbocycles. The van der Waals surface area contributed by atoms with Gasteiger partial charge in [0.15, 0.2) is 0 Å². The van der Waals surface area contributed by atoms with Gasteiger partial charge in [-0.05, 0) is 19.9 Å². The number of aromatic nitrogens is 3. The largest absolute Gasteiger partial charge is 0.462 e. The maximum atomic E-state index is 11.5. The number of rotatable bonds is 4. The molecule has 0 atom stereocenters. The van der Waals surface area contributed by atoms with Crippen molar-refractivity contribution >= 4 is 11.7 Å². The monoisotopic (exact) mass is 276 g/mol. The number of nitro groups is 1. The summed E-state index contributed by atoms with van der Waals surface area (Å²) in [5.41, 5.74) is 0.531. The molecule has 0 aliphatic carbocycles. The molecule has 0 bridgehead atoms. The lowest BCUT2D eigenvalue weighted by Crippen LogP contribution is -2.06. The molecule has 2 rings (SSSR count). The Morgan fingerprint density at radius 2 is 2.30 bits per heavy atom. The van der Waals surface area contributed by atoms with Crippen LogP contribution in [0.4, 0.5) is 5.69 Å². The van der Waals surface area contributed by atoms with Crippen LogP contribution in [0, 0.1) is 17.0 Å². The van der Waals surface area contributed by atoms with Crippen LogP contribution in [0.25, 0.3) is 5.82 Å². The average molecular weight is 276 g/mol. The number of carbonyl (C=O) groups excluding carboxylic acids is 1. The topological polar surface area (TPSA) is 100 Å². The van der Waals surface area contributed by atoms with Crippen LogP contribution in [0.1, 0.15) is 22.8 Å². The van der Waals surface area contributed by atoms with Crippen molar-refractivity contribution in [1.82, 2.24) is 14.8 Å². The number of nitrogens with zero attached hydrogens (tertiary/aromatic N) is 4. The molecule has 0 spiro atoms. The van der Waals surface area contributed by atoms with Crippen LogP contribution < -0.4 is 0 Å². The van der Waals surface area contributed by atoms with Crippen LogP contribution in [0.2, 0.25) is 0 Å². The summed E-state index contributed by atoms with van der Waals surface area (Å²) in [6.45, 7) is 3.54. The average Bonchev–Trinajstić information content (AvgIpc) is 2.87. The molecule has 0 aliphatic heterocycles. The van der Waals surface area contributed by atoms with Gasteiger partial charge in [-0.25, -0.2) is 14.5 Å². The highest BCUT2D eigenvalue weighted by Crippen LogP contribution is 2.24. The third-order valence-corrected chi connectivity index (χ3v) is 2.60. The van der Waals surface area contributed by atoms with Crippen molar-refractivity contribution in [1.29, 1.82) is 0 Å². The Bertz CT molecular complexity index is 665. The fourth-order valence-electron chi connectivity index (χ4n) is 1.69. The Balaban J connectivity index is 2.45. The summed E-state index contributed by atoms with van der Waals surface area (Å²) in [5.74, 6) is -0.473. The second-order valence-electron chi connectivity index (χ2n) is 3.95. The van der Waals surface area contributed by atoms with Crippen molar-refractivity contribution < 1.29 is 14.5 Å². The lowest BCUT2D eigenvalue weighted by molar-refractivity contribution is -0.385. The number of carbonyl (C=O) groups is 1. The molecule has 2 heterocycles. The van der Waals surface area contributed by atoms with E-state index in [9.17, 15) is 14.9 Å². The summed E-state index contributed by atoms with van der Waals surface area (Å²) < 4.78 is 6.02. The second-order valence-corrected chi connectivity index (χ2v) is 3.95. The van der Waals surface area contributed by atoms with Crippen LogP contribution in [0.5, 0.6) is 0 Å². The van der Waals surface area contributed by atoms with Crippen LogP contribution in [-0.4, -0.2) is 32.3 Å². The van der Waals surface area contributed by atoms with Crippen molar-refractivity contribution in [3.63, 3.8) is 0 Å². The van der Waals surface area contributed by atoms with E-state index in [1.165, 1.54) is 29.3 Å². The number of pyridine rings is 1. The third-order valence-electron chi connectivity index (χ3n) is 2.60. The Morgan fingerprint density at radius 3 is 2.95 bits per heavy atom. The van der Waals surface area contributed by atoms with Crippen molar-refractivity contribution in [3.05, 3.63) is 45.9 Å². The number of aryl methyl sites for hydroxylation is 1. The van der Waals surface area contributed by atoms with E-state index in [1.54, 1.807) is 13.8 Å². The van der Waals surface area contributed by atoms with Gasteiger partial charge in [0.05, 0.1) is 23.3 Å². The highest BCUT2D eigenvalue weighted by atomic mass is 16.6. The van der Waals surface area contributed by atoms with E-state index < -0.39 is 10.9 Å².